The predicted octanol–water partition coefficient (Wildman–Crippen LogP) is 4.08. The molecule has 0 radical (unpaired) electrons. The zero-order chi connectivity index (χ0) is 20.6. The first-order valence-corrected chi connectivity index (χ1v) is 10.6. The van der Waals surface area contributed by atoms with Crippen LogP contribution in [0.5, 0.6) is 0 Å². The standard InChI is InChI=1S/C22H25N5OS/c1-4-17-8-10-18(11-9-17)14-23-24-20(28)15-29-22-26-25-21(27(22)5-2)19-12-6-16(3)7-13-19/h6-14H,4-5,15H2,1-3H3,(H,24,28)/b23-14+. The number of thioether (sulfide) groups is 1. The molecule has 0 aliphatic carbocycles. The molecule has 0 bridgehead atoms. The highest BCUT2D eigenvalue weighted by molar-refractivity contribution is 7.99. The third-order valence-corrected chi connectivity index (χ3v) is 5.43. The van der Waals surface area contributed by atoms with Gasteiger partial charge >= 0.3 is 0 Å². The van der Waals surface area contributed by atoms with Crippen LogP contribution in [0.25, 0.3) is 11.4 Å². The zero-order valence-corrected chi connectivity index (χ0v) is 17.7. The molecule has 0 atom stereocenters. The summed E-state index contributed by atoms with van der Waals surface area (Å²) < 4.78 is 2.02. The Hall–Kier alpha value is -2.93. The van der Waals surface area contributed by atoms with Crippen molar-refractivity contribution in [2.24, 2.45) is 5.10 Å². The first-order valence-electron chi connectivity index (χ1n) is 9.64. The first kappa shape index (κ1) is 20.8. The molecule has 0 aliphatic heterocycles. The van der Waals surface area contributed by atoms with Gasteiger partial charge in [-0.15, -0.1) is 10.2 Å². The first-order chi connectivity index (χ1) is 14.1. The van der Waals surface area contributed by atoms with Gasteiger partial charge in [0.2, 0.25) is 0 Å². The van der Waals surface area contributed by atoms with Crippen LogP contribution in [0, 0.1) is 6.92 Å². The molecule has 6 nitrogen and oxygen atoms in total. The van der Waals surface area contributed by atoms with Crippen molar-refractivity contribution in [3.63, 3.8) is 0 Å². The Balaban J connectivity index is 1.57. The Bertz CT molecular complexity index is 977. The van der Waals surface area contributed by atoms with Crippen LogP contribution in [-0.4, -0.2) is 32.6 Å². The van der Waals surface area contributed by atoms with Crippen molar-refractivity contribution in [3.8, 4) is 11.4 Å². The second-order valence-corrected chi connectivity index (χ2v) is 7.54. The molecule has 1 amide bonds. The van der Waals surface area contributed by atoms with Crippen molar-refractivity contribution in [3.05, 3.63) is 65.2 Å². The van der Waals surface area contributed by atoms with Gasteiger partial charge in [-0.1, -0.05) is 72.8 Å². The normalized spacial score (nSPS) is 11.1. The van der Waals surface area contributed by atoms with E-state index in [1.165, 1.54) is 22.9 Å². The number of aryl methyl sites for hydroxylation is 2. The molecule has 3 aromatic rings. The maximum Gasteiger partial charge on any atom is 0.250 e. The molecule has 2 aromatic carbocycles. The van der Waals surface area contributed by atoms with Crippen LogP contribution < -0.4 is 5.43 Å². The maximum atomic E-state index is 12.1. The lowest BCUT2D eigenvalue weighted by molar-refractivity contribution is -0.118. The van der Waals surface area contributed by atoms with E-state index in [-0.39, 0.29) is 11.7 Å². The second-order valence-electron chi connectivity index (χ2n) is 6.59. The number of carbonyl (C=O) groups is 1. The number of hydrogen-bond acceptors (Lipinski definition) is 5. The van der Waals surface area contributed by atoms with E-state index in [1.54, 1.807) is 6.21 Å². The smallest absolute Gasteiger partial charge is 0.250 e. The van der Waals surface area contributed by atoms with Gasteiger partial charge in [-0.25, -0.2) is 5.43 Å². The van der Waals surface area contributed by atoms with Crippen molar-refractivity contribution in [1.29, 1.82) is 0 Å². The van der Waals surface area contributed by atoms with Gasteiger partial charge in [-0.3, -0.25) is 4.79 Å². The van der Waals surface area contributed by atoms with Crippen LogP contribution in [0.15, 0.2) is 58.8 Å². The highest BCUT2D eigenvalue weighted by Crippen LogP contribution is 2.24. The summed E-state index contributed by atoms with van der Waals surface area (Å²) in [7, 11) is 0. The van der Waals surface area contributed by atoms with E-state index in [0.29, 0.717) is 0 Å². The molecule has 29 heavy (non-hydrogen) atoms. The van der Waals surface area contributed by atoms with Crippen LogP contribution >= 0.6 is 11.8 Å². The minimum absolute atomic E-state index is 0.182. The van der Waals surface area contributed by atoms with Gasteiger partial charge in [0, 0.05) is 12.1 Å². The molecule has 1 N–H and O–H groups in total. The van der Waals surface area contributed by atoms with Gasteiger partial charge in [0.05, 0.1) is 12.0 Å². The fraction of sp³-hybridized carbons (Fsp3) is 0.273. The Morgan fingerprint density at radius 3 is 2.48 bits per heavy atom. The average molecular weight is 408 g/mol. The zero-order valence-electron chi connectivity index (χ0n) is 16.9. The van der Waals surface area contributed by atoms with Gasteiger partial charge in [-0.2, -0.15) is 5.10 Å². The van der Waals surface area contributed by atoms with Gasteiger partial charge in [0.25, 0.3) is 5.91 Å². The number of benzene rings is 2. The number of rotatable bonds is 8. The number of aromatic nitrogens is 3. The van der Waals surface area contributed by atoms with E-state index in [1.807, 2.05) is 35.8 Å². The molecular weight excluding hydrogens is 382 g/mol. The summed E-state index contributed by atoms with van der Waals surface area (Å²) in [6.45, 7) is 6.94. The van der Waals surface area contributed by atoms with E-state index in [4.69, 9.17) is 0 Å². The van der Waals surface area contributed by atoms with Crippen molar-refractivity contribution in [1.82, 2.24) is 20.2 Å². The summed E-state index contributed by atoms with van der Waals surface area (Å²) >= 11 is 1.35. The minimum Gasteiger partial charge on any atom is -0.302 e. The Kier molecular flexibility index (Phi) is 7.19. The molecule has 0 saturated carbocycles. The molecule has 0 fully saturated rings. The molecule has 1 heterocycles. The molecule has 3 rings (SSSR count). The molecular formula is C22H25N5OS. The number of nitrogens with zero attached hydrogens (tertiary/aromatic N) is 4. The number of hydrogen-bond donors (Lipinski definition) is 1. The second kappa shape index (κ2) is 10.0. The summed E-state index contributed by atoms with van der Waals surface area (Å²) in [4.78, 5) is 12.1. The molecule has 150 valence electrons. The quantitative estimate of drug-likeness (QED) is 0.347. The number of carbonyl (C=O) groups excluding carboxylic acids is 1. The highest BCUT2D eigenvalue weighted by atomic mass is 32.2. The summed E-state index contributed by atoms with van der Waals surface area (Å²) in [5.41, 5.74) is 7.00. The lowest BCUT2D eigenvalue weighted by atomic mass is 10.1. The maximum absolute atomic E-state index is 12.1. The highest BCUT2D eigenvalue weighted by Gasteiger charge is 2.14. The van der Waals surface area contributed by atoms with Crippen LogP contribution in [0.3, 0.4) is 0 Å². The van der Waals surface area contributed by atoms with E-state index in [0.717, 1.165) is 35.1 Å². The average Bonchev–Trinajstić information content (AvgIpc) is 3.16. The van der Waals surface area contributed by atoms with Crippen LogP contribution in [0.2, 0.25) is 0 Å². The summed E-state index contributed by atoms with van der Waals surface area (Å²) in [5.74, 6) is 0.848. The Labute approximate surface area is 175 Å². The monoisotopic (exact) mass is 407 g/mol. The molecule has 0 aliphatic rings. The van der Waals surface area contributed by atoms with Crippen LogP contribution in [-0.2, 0) is 17.8 Å². The molecule has 1 aromatic heterocycles. The lowest BCUT2D eigenvalue weighted by Crippen LogP contribution is -2.20. The van der Waals surface area contributed by atoms with Crippen molar-refractivity contribution in [2.45, 2.75) is 38.9 Å². The van der Waals surface area contributed by atoms with Gasteiger partial charge in [0.15, 0.2) is 11.0 Å². The topological polar surface area (TPSA) is 72.2 Å². The van der Waals surface area contributed by atoms with Crippen LogP contribution in [0.4, 0.5) is 0 Å². The number of nitrogens with one attached hydrogen (secondary N) is 1. The molecule has 0 saturated heterocycles. The fourth-order valence-electron chi connectivity index (χ4n) is 2.78. The predicted molar refractivity (Wildman–Crippen MR) is 118 cm³/mol. The van der Waals surface area contributed by atoms with E-state index in [9.17, 15) is 4.79 Å². The number of hydrazone groups is 1. The molecule has 0 unspecified atom stereocenters. The Morgan fingerprint density at radius 1 is 1.10 bits per heavy atom. The van der Waals surface area contributed by atoms with Gasteiger partial charge in [0.1, 0.15) is 0 Å². The fourth-order valence-corrected chi connectivity index (χ4v) is 3.57. The van der Waals surface area contributed by atoms with Crippen molar-refractivity contribution >= 4 is 23.9 Å². The SMILES string of the molecule is CCc1ccc(/C=N/NC(=O)CSc2nnc(-c3ccc(C)cc3)n2CC)cc1. The van der Waals surface area contributed by atoms with E-state index >= 15 is 0 Å². The summed E-state index contributed by atoms with van der Waals surface area (Å²) in [5, 5.41) is 13.3. The lowest BCUT2D eigenvalue weighted by Gasteiger charge is -2.07. The van der Waals surface area contributed by atoms with Crippen molar-refractivity contribution in [2.75, 3.05) is 5.75 Å². The third-order valence-electron chi connectivity index (χ3n) is 4.47. The van der Waals surface area contributed by atoms with Crippen molar-refractivity contribution < 1.29 is 4.79 Å². The Morgan fingerprint density at radius 2 is 1.83 bits per heavy atom. The molecule has 7 heteroatoms. The van der Waals surface area contributed by atoms with Gasteiger partial charge in [-0.05, 0) is 31.4 Å². The summed E-state index contributed by atoms with van der Waals surface area (Å²) in [6.07, 6.45) is 2.64. The molecule has 0 spiro atoms. The largest absolute Gasteiger partial charge is 0.302 e. The van der Waals surface area contributed by atoms with Gasteiger partial charge < -0.3 is 4.57 Å². The summed E-state index contributed by atoms with van der Waals surface area (Å²) in [6, 6.07) is 16.3. The number of amides is 1. The van der Waals surface area contributed by atoms with Crippen LogP contribution in [0.1, 0.15) is 30.5 Å². The van der Waals surface area contributed by atoms with E-state index in [2.05, 4.69) is 58.8 Å². The van der Waals surface area contributed by atoms with E-state index < -0.39 is 0 Å². The minimum atomic E-state index is -0.182. The third kappa shape index (κ3) is 5.54.